The number of hydrogen-bond donors (Lipinski definition) is 1. The summed E-state index contributed by atoms with van der Waals surface area (Å²) in [7, 11) is 0. The SMILES string of the molecule is CC(C)N1CCC(NC(=O)c2cc(-c3ccco3)nn2-c2ccccc2)CC1. The Bertz CT molecular complexity index is 907. The number of nitrogens with zero attached hydrogens (tertiary/aromatic N) is 3. The standard InChI is InChI=1S/C22H26N4O2/c1-16(2)25-12-10-17(11-13-25)23-22(27)20-15-19(21-9-6-14-28-21)24-26(20)18-7-4-3-5-8-18/h3-9,14-17H,10-13H2,1-2H3,(H,23,27). The van der Waals surface area contributed by atoms with Crippen LogP contribution < -0.4 is 5.32 Å². The number of likely N-dealkylation sites (tertiary alicyclic amines) is 1. The minimum absolute atomic E-state index is 0.0999. The van der Waals surface area contributed by atoms with E-state index in [0.717, 1.165) is 31.6 Å². The lowest BCUT2D eigenvalue weighted by Crippen LogP contribution is -2.46. The number of carbonyl (C=O) groups excluding carboxylic acids is 1. The molecule has 28 heavy (non-hydrogen) atoms. The third kappa shape index (κ3) is 3.87. The Hall–Kier alpha value is -2.86. The summed E-state index contributed by atoms with van der Waals surface area (Å²) >= 11 is 0. The van der Waals surface area contributed by atoms with Crippen molar-refractivity contribution in [3.8, 4) is 17.1 Å². The fraction of sp³-hybridized carbons (Fsp3) is 0.364. The summed E-state index contributed by atoms with van der Waals surface area (Å²) in [6.07, 6.45) is 3.54. The molecule has 4 rings (SSSR count). The van der Waals surface area contributed by atoms with Gasteiger partial charge in [0, 0.05) is 31.2 Å². The fourth-order valence-corrected chi connectivity index (χ4v) is 3.67. The van der Waals surface area contributed by atoms with Gasteiger partial charge in [0.05, 0.1) is 12.0 Å². The van der Waals surface area contributed by atoms with Crippen molar-refractivity contribution in [2.45, 2.75) is 38.8 Å². The number of nitrogens with one attached hydrogen (secondary N) is 1. The summed E-state index contributed by atoms with van der Waals surface area (Å²) < 4.78 is 7.17. The average molecular weight is 378 g/mol. The van der Waals surface area contributed by atoms with E-state index < -0.39 is 0 Å². The fourth-order valence-electron chi connectivity index (χ4n) is 3.67. The van der Waals surface area contributed by atoms with Crippen molar-refractivity contribution in [2.24, 2.45) is 0 Å². The van der Waals surface area contributed by atoms with Gasteiger partial charge in [0.25, 0.3) is 5.91 Å². The van der Waals surface area contributed by atoms with Gasteiger partial charge in [-0.05, 0) is 51.0 Å². The van der Waals surface area contributed by atoms with E-state index in [1.807, 2.05) is 42.5 Å². The third-order valence-electron chi connectivity index (χ3n) is 5.31. The molecule has 0 atom stereocenters. The highest BCUT2D eigenvalue weighted by Crippen LogP contribution is 2.23. The molecular weight excluding hydrogens is 352 g/mol. The Morgan fingerprint density at radius 3 is 2.54 bits per heavy atom. The maximum absolute atomic E-state index is 13.1. The predicted molar refractivity (Wildman–Crippen MR) is 108 cm³/mol. The molecule has 0 unspecified atom stereocenters. The first kappa shape index (κ1) is 18.5. The van der Waals surface area contributed by atoms with Crippen molar-refractivity contribution in [1.29, 1.82) is 0 Å². The molecule has 1 aliphatic rings. The summed E-state index contributed by atoms with van der Waals surface area (Å²) in [6.45, 7) is 6.46. The maximum atomic E-state index is 13.1. The Labute approximate surface area is 165 Å². The van der Waals surface area contributed by atoms with Crippen LogP contribution in [0.4, 0.5) is 0 Å². The first-order valence-corrected chi connectivity index (χ1v) is 9.86. The van der Waals surface area contributed by atoms with Gasteiger partial charge in [-0.2, -0.15) is 5.10 Å². The normalized spacial score (nSPS) is 15.8. The molecule has 1 amide bonds. The summed E-state index contributed by atoms with van der Waals surface area (Å²) in [4.78, 5) is 15.5. The number of amides is 1. The zero-order valence-electron chi connectivity index (χ0n) is 16.3. The Morgan fingerprint density at radius 2 is 1.89 bits per heavy atom. The highest BCUT2D eigenvalue weighted by atomic mass is 16.3. The second-order valence-corrected chi connectivity index (χ2v) is 7.52. The zero-order chi connectivity index (χ0) is 19.5. The van der Waals surface area contributed by atoms with Crippen molar-refractivity contribution in [2.75, 3.05) is 13.1 Å². The Kier molecular flexibility index (Phi) is 5.30. The van der Waals surface area contributed by atoms with Gasteiger partial charge >= 0.3 is 0 Å². The second-order valence-electron chi connectivity index (χ2n) is 7.52. The summed E-state index contributed by atoms with van der Waals surface area (Å²) in [5.74, 6) is 0.547. The predicted octanol–water partition coefficient (Wildman–Crippen LogP) is 3.73. The van der Waals surface area contributed by atoms with E-state index in [1.54, 1.807) is 17.0 Å². The number of rotatable bonds is 5. The second kappa shape index (κ2) is 8.02. The van der Waals surface area contributed by atoms with Gasteiger partial charge in [-0.1, -0.05) is 18.2 Å². The Morgan fingerprint density at radius 1 is 1.14 bits per heavy atom. The van der Waals surface area contributed by atoms with Crippen molar-refractivity contribution in [1.82, 2.24) is 20.0 Å². The Balaban J connectivity index is 1.57. The van der Waals surface area contributed by atoms with Crippen molar-refractivity contribution < 1.29 is 9.21 Å². The van der Waals surface area contributed by atoms with Crippen LogP contribution in [-0.4, -0.2) is 45.8 Å². The van der Waals surface area contributed by atoms with Crippen molar-refractivity contribution >= 4 is 5.91 Å². The summed E-state index contributed by atoms with van der Waals surface area (Å²) in [5, 5.41) is 7.83. The summed E-state index contributed by atoms with van der Waals surface area (Å²) in [5.41, 5.74) is 2.01. The molecule has 1 fully saturated rings. The lowest BCUT2D eigenvalue weighted by molar-refractivity contribution is 0.0893. The number of piperidine rings is 1. The van der Waals surface area contributed by atoms with Crippen molar-refractivity contribution in [3.05, 3.63) is 60.5 Å². The van der Waals surface area contributed by atoms with Gasteiger partial charge in [0.2, 0.25) is 0 Å². The molecule has 0 radical (unpaired) electrons. The molecule has 0 aliphatic carbocycles. The molecule has 0 bridgehead atoms. The quantitative estimate of drug-likeness (QED) is 0.735. The highest BCUT2D eigenvalue weighted by Gasteiger charge is 2.25. The van der Waals surface area contributed by atoms with Crippen LogP contribution in [-0.2, 0) is 0 Å². The number of furan rings is 1. The molecule has 3 heterocycles. The monoisotopic (exact) mass is 378 g/mol. The van der Waals surface area contributed by atoms with Crippen LogP contribution in [0, 0.1) is 0 Å². The van der Waals surface area contributed by atoms with Gasteiger partial charge in [0.15, 0.2) is 5.76 Å². The van der Waals surface area contributed by atoms with Crippen LogP contribution in [0.25, 0.3) is 17.1 Å². The van der Waals surface area contributed by atoms with Crippen LogP contribution in [0.5, 0.6) is 0 Å². The topological polar surface area (TPSA) is 63.3 Å². The van der Waals surface area contributed by atoms with Gasteiger partial charge < -0.3 is 14.6 Å². The molecule has 0 saturated carbocycles. The molecule has 6 heteroatoms. The molecule has 3 aromatic rings. The lowest BCUT2D eigenvalue weighted by atomic mass is 10.0. The third-order valence-corrected chi connectivity index (χ3v) is 5.31. The van der Waals surface area contributed by atoms with Crippen LogP contribution in [0.3, 0.4) is 0 Å². The van der Waals surface area contributed by atoms with Crippen LogP contribution in [0.15, 0.2) is 59.2 Å². The van der Waals surface area contributed by atoms with E-state index in [0.29, 0.717) is 23.2 Å². The van der Waals surface area contributed by atoms with E-state index in [1.165, 1.54) is 0 Å². The highest BCUT2D eigenvalue weighted by molar-refractivity contribution is 5.94. The molecule has 1 aliphatic heterocycles. The molecule has 146 valence electrons. The van der Waals surface area contributed by atoms with Crippen LogP contribution in [0.2, 0.25) is 0 Å². The van der Waals surface area contributed by atoms with Gasteiger partial charge in [-0.3, -0.25) is 4.79 Å². The average Bonchev–Trinajstić information content (AvgIpc) is 3.39. The molecule has 0 spiro atoms. The first-order valence-electron chi connectivity index (χ1n) is 9.86. The minimum Gasteiger partial charge on any atom is -0.463 e. The van der Waals surface area contributed by atoms with E-state index in [-0.39, 0.29) is 11.9 Å². The molecule has 1 N–H and O–H groups in total. The largest absolute Gasteiger partial charge is 0.463 e. The maximum Gasteiger partial charge on any atom is 0.270 e. The van der Waals surface area contributed by atoms with E-state index in [9.17, 15) is 4.79 Å². The van der Waals surface area contributed by atoms with Gasteiger partial charge in [-0.15, -0.1) is 0 Å². The van der Waals surface area contributed by atoms with Gasteiger partial charge in [-0.25, -0.2) is 4.68 Å². The molecule has 1 saturated heterocycles. The summed E-state index contributed by atoms with van der Waals surface area (Å²) in [6, 6.07) is 15.9. The molecule has 1 aromatic carbocycles. The molecule has 2 aromatic heterocycles. The minimum atomic E-state index is -0.0999. The van der Waals surface area contributed by atoms with Gasteiger partial charge in [0.1, 0.15) is 11.4 Å². The smallest absolute Gasteiger partial charge is 0.270 e. The number of aromatic nitrogens is 2. The van der Waals surface area contributed by atoms with Crippen LogP contribution in [0.1, 0.15) is 37.2 Å². The van der Waals surface area contributed by atoms with Crippen LogP contribution >= 0.6 is 0 Å². The molecular formula is C22H26N4O2. The number of benzene rings is 1. The zero-order valence-corrected chi connectivity index (χ0v) is 16.3. The first-order chi connectivity index (χ1) is 13.6. The van der Waals surface area contributed by atoms with E-state index >= 15 is 0 Å². The number of carbonyl (C=O) groups is 1. The lowest BCUT2D eigenvalue weighted by Gasteiger charge is -2.34. The number of para-hydroxylation sites is 1. The number of hydrogen-bond acceptors (Lipinski definition) is 4. The van der Waals surface area contributed by atoms with E-state index in [4.69, 9.17) is 4.42 Å². The molecule has 6 nitrogen and oxygen atoms in total. The van der Waals surface area contributed by atoms with Crippen molar-refractivity contribution in [3.63, 3.8) is 0 Å². The van der Waals surface area contributed by atoms with E-state index in [2.05, 4.69) is 29.2 Å².